The minimum absolute atomic E-state index is 0.284. The van der Waals surface area contributed by atoms with Crippen LogP contribution in [0.25, 0.3) is 0 Å². The van der Waals surface area contributed by atoms with Gasteiger partial charge in [0.05, 0.1) is 5.54 Å². The molecule has 6 nitrogen and oxygen atoms in total. The van der Waals surface area contributed by atoms with Gasteiger partial charge in [0.25, 0.3) is 0 Å². The lowest BCUT2D eigenvalue weighted by atomic mass is 9.97. The molecule has 0 spiro atoms. The lowest BCUT2D eigenvalue weighted by Gasteiger charge is -2.41. The zero-order valence-electron chi connectivity index (χ0n) is 13.0. The predicted octanol–water partition coefficient (Wildman–Crippen LogP) is 1.32. The van der Waals surface area contributed by atoms with Gasteiger partial charge in [-0.1, -0.05) is 0 Å². The molecule has 21 heavy (non-hydrogen) atoms. The number of hydrogen-bond donors (Lipinski definition) is 0. The summed E-state index contributed by atoms with van der Waals surface area (Å²) < 4.78 is 2.06. The Kier molecular flexibility index (Phi) is 3.97. The number of aromatic nitrogens is 3. The van der Waals surface area contributed by atoms with E-state index < -0.39 is 0 Å². The second-order valence-corrected chi connectivity index (χ2v) is 6.69. The highest BCUT2D eigenvalue weighted by Gasteiger charge is 2.39. The van der Waals surface area contributed by atoms with Crippen molar-refractivity contribution in [1.82, 2.24) is 24.6 Å². The molecule has 1 amide bonds. The highest BCUT2D eigenvalue weighted by Crippen LogP contribution is 2.27. The molecule has 2 fully saturated rings. The van der Waals surface area contributed by atoms with Gasteiger partial charge >= 0.3 is 0 Å². The van der Waals surface area contributed by atoms with Crippen molar-refractivity contribution in [3.63, 3.8) is 0 Å². The third-order valence-electron chi connectivity index (χ3n) is 5.03. The predicted molar refractivity (Wildman–Crippen MR) is 79.8 cm³/mol. The van der Waals surface area contributed by atoms with Crippen LogP contribution in [0.2, 0.25) is 0 Å². The average Bonchev–Trinajstić information content (AvgIpc) is 3.19. The van der Waals surface area contributed by atoms with Crippen molar-refractivity contribution in [3.8, 4) is 0 Å². The molecule has 0 unspecified atom stereocenters. The van der Waals surface area contributed by atoms with Gasteiger partial charge in [-0.2, -0.15) is 0 Å². The molecule has 2 aliphatic rings. The van der Waals surface area contributed by atoms with Crippen molar-refractivity contribution in [3.05, 3.63) is 12.7 Å². The van der Waals surface area contributed by atoms with E-state index in [-0.39, 0.29) is 11.4 Å². The van der Waals surface area contributed by atoms with Gasteiger partial charge in [0, 0.05) is 19.1 Å². The highest BCUT2D eigenvalue weighted by atomic mass is 16.2. The molecular formula is C15H25N5O. The van der Waals surface area contributed by atoms with Crippen LogP contribution in [0, 0.1) is 0 Å². The number of amides is 1. The molecule has 0 saturated carbocycles. The number of carbonyl (C=O) groups is 1. The first-order valence-electron chi connectivity index (χ1n) is 7.97. The molecule has 6 heteroatoms. The summed E-state index contributed by atoms with van der Waals surface area (Å²) in [5, 5.41) is 7.74. The second kappa shape index (κ2) is 5.75. The summed E-state index contributed by atoms with van der Waals surface area (Å²) in [6, 6.07) is 0.430. The Morgan fingerprint density at radius 2 is 1.62 bits per heavy atom. The van der Waals surface area contributed by atoms with E-state index in [9.17, 15) is 4.79 Å². The first-order valence-corrected chi connectivity index (χ1v) is 7.97. The average molecular weight is 291 g/mol. The van der Waals surface area contributed by atoms with E-state index in [0.29, 0.717) is 6.04 Å². The number of piperidine rings is 1. The van der Waals surface area contributed by atoms with Crippen molar-refractivity contribution in [2.75, 3.05) is 26.2 Å². The lowest BCUT2D eigenvalue weighted by molar-refractivity contribution is -0.143. The number of hydrogen-bond acceptors (Lipinski definition) is 4. The summed E-state index contributed by atoms with van der Waals surface area (Å²) in [6.45, 7) is 7.92. The molecule has 0 bridgehead atoms. The molecule has 0 atom stereocenters. The van der Waals surface area contributed by atoms with Gasteiger partial charge in [0.15, 0.2) is 0 Å². The number of rotatable bonds is 3. The molecular weight excluding hydrogens is 266 g/mol. The van der Waals surface area contributed by atoms with Crippen LogP contribution in [0.4, 0.5) is 0 Å². The van der Waals surface area contributed by atoms with E-state index >= 15 is 0 Å². The van der Waals surface area contributed by atoms with E-state index in [0.717, 1.165) is 39.0 Å². The van der Waals surface area contributed by atoms with Crippen molar-refractivity contribution in [1.29, 1.82) is 0 Å². The van der Waals surface area contributed by atoms with Crippen LogP contribution in [0.1, 0.15) is 45.6 Å². The minimum Gasteiger partial charge on any atom is -0.341 e. The van der Waals surface area contributed by atoms with Gasteiger partial charge in [-0.05, 0) is 52.6 Å². The molecule has 1 aromatic heterocycles. The first-order chi connectivity index (χ1) is 10.1. The Morgan fingerprint density at radius 3 is 2.19 bits per heavy atom. The van der Waals surface area contributed by atoms with Crippen LogP contribution in [0.15, 0.2) is 12.7 Å². The number of carbonyl (C=O) groups excluding carboxylic acids is 1. The highest BCUT2D eigenvalue weighted by molar-refractivity contribution is 5.85. The van der Waals surface area contributed by atoms with Gasteiger partial charge in [0.1, 0.15) is 12.7 Å². The van der Waals surface area contributed by atoms with Gasteiger partial charge in [-0.15, -0.1) is 10.2 Å². The normalized spacial score (nSPS) is 21.9. The first kappa shape index (κ1) is 14.5. The monoisotopic (exact) mass is 291 g/mol. The quantitative estimate of drug-likeness (QED) is 0.843. The molecule has 0 aliphatic carbocycles. The van der Waals surface area contributed by atoms with Gasteiger partial charge in [-0.25, -0.2) is 0 Å². The smallest absolute Gasteiger partial charge is 0.242 e. The standard InChI is InChI=1S/C15H25N5O/c1-15(2,20-7-3-4-8-20)14(21)18-9-5-13(6-10-18)19-11-16-17-12-19/h11-13H,3-10H2,1-2H3. The summed E-state index contributed by atoms with van der Waals surface area (Å²) >= 11 is 0. The van der Waals surface area contributed by atoms with Gasteiger partial charge < -0.3 is 9.47 Å². The zero-order chi connectivity index (χ0) is 14.9. The molecule has 0 N–H and O–H groups in total. The van der Waals surface area contributed by atoms with Crippen LogP contribution in [-0.4, -0.2) is 62.2 Å². The SMILES string of the molecule is CC(C)(C(=O)N1CCC(n2cnnc2)CC1)N1CCCC1. The van der Waals surface area contributed by atoms with Crippen LogP contribution >= 0.6 is 0 Å². The molecule has 1 aromatic rings. The van der Waals surface area contributed by atoms with Crippen molar-refractivity contribution >= 4 is 5.91 Å². The summed E-state index contributed by atoms with van der Waals surface area (Å²) in [4.78, 5) is 17.2. The third-order valence-corrected chi connectivity index (χ3v) is 5.03. The summed E-state index contributed by atoms with van der Waals surface area (Å²) in [5.74, 6) is 0.284. The third kappa shape index (κ3) is 2.81. The van der Waals surface area contributed by atoms with E-state index in [1.807, 2.05) is 4.90 Å². The van der Waals surface area contributed by atoms with E-state index in [4.69, 9.17) is 0 Å². The van der Waals surface area contributed by atoms with Crippen LogP contribution in [-0.2, 0) is 4.79 Å². The number of nitrogens with zero attached hydrogens (tertiary/aromatic N) is 5. The zero-order valence-corrected chi connectivity index (χ0v) is 13.0. The van der Waals surface area contributed by atoms with Crippen LogP contribution in [0.5, 0.6) is 0 Å². The Labute approximate surface area is 126 Å². The van der Waals surface area contributed by atoms with Crippen molar-refractivity contribution < 1.29 is 4.79 Å². The molecule has 3 rings (SSSR count). The van der Waals surface area contributed by atoms with Crippen molar-refractivity contribution in [2.45, 2.75) is 51.1 Å². The molecule has 3 heterocycles. The minimum atomic E-state index is -0.361. The Balaban J connectivity index is 1.59. The van der Waals surface area contributed by atoms with Crippen LogP contribution < -0.4 is 0 Å². The second-order valence-electron chi connectivity index (χ2n) is 6.69. The van der Waals surface area contributed by atoms with E-state index in [1.165, 1.54) is 12.8 Å². The van der Waals surface area contributed by atoms with Crippen LogP contribution in [0.3, 0.4) is 0 Å². The Morgan fingerprint density at radius 1 is 1.05 bits per heavy atom. The fraction of sp³-hybridized carbons (Fsp3) is 0.800. The van der Waals surface area contributed by atoms with Gasteiger partial charge in [-0.3, -0.25) is 9.69 Å². The maximum Gasteiger partial charge on any atom is 0.242 e. The fourth-order valence-electron chi connectivity index (χ4n) is 3.56. The summed E-state index contributed by atoms with van der Waals surface area (Å²) in [5.41, 5.74) is -0.361. The Hall–Kier alpha value is -1.43. The Bertz CT molecular complexity index is 470. The lowest BCUT2D eigenvalue weighted by Crippen LogP contribution is -2.56. The van der Waals surface area contributed by atoms with E-state index in [2.05, 4.69) is 33.5 Å². The van der Waals surface area contributed by atoms with E-state index in [1.54, 1.807) is 12.7 Å². The molecule has 0 aromatic carbocycles. The fourth-order valence-corrected chi connectivity index (χ4v) is 3.56. The maximum atomic E-state index is 12.9. The topological polar surface area (TPSA) is 54.3 Å². The van der Waals surface area contributed by atoms with Gasteiger partial charge in [0.2, 0.25) is 5.91 Å². The summed E-state index contributed by atoms with van der Waals surface area (Å²) in [6.07, 6.45) is 7.95. The maximum absolute atomic E-state index is 12.9. The largest absolute Gasteiger partial charge is 0.341 e. The van der Waals surface area contributed by atoms with Crippen molar-refractivity contribution in [2.24, 2.45) is 0 Å². The summed E-state index contributed by atoms with van der Waals surface area (Å²) in [7, 11) is 0. The molecule has 2 aliphatic heterocycles. The molecule has 116 valence electrons. The molecule has 0 radical (unpaired) electrons. The molecule has 2 saturated heterocycles. The number of likely N-dealkylation sites (tertiary alicyclic amines) is 2.